The Labute approximate surface area is 75.9 Å². The molecule has 2 heteroatoms. The first-order valence-electron chi connectivity index (χ1n) is 5.34. The van der Waals surface area contributed by atoms with E-state index in [2.05, 4.69) is 5.32 Å². The number of hydrogen-bond acceptors (Lipinski definition) is 2. The molecule has 0 radical (unpaired) electrons. The molecule has 0 saturated carbocycles. The topological polar surface area (TPSA) is 38.0 Å². The van der Waals surface area contributed by atoms with Crippen LogP contribution >= 0.6 is 0 Å². The highest BCUT2D eigenvalue weighted by Crippen LogP contribution is 2.18. The molecule has 0 aromatic rings. The summed E-state index contributed by atoms with van der Waals surface area (Å²) in [5.41, 5.74) is 5.57. The average molecular weight is 170 g/mol. The van der Waals surface area contributed by atoms with Crippen molar-refractivity contribution in [3.8, 4) is 0 Å². The fourth-order valence-corrected chi connectivity index (χ4v) is 1.99. The van der Waals surface area contributed by atoms with E-state index in [0.717, 1.165) is 12.5 Å². The molecule has 1 rings (SSSR count). The second-order valence-electron chi connectivity index (χ2n) is 3.83. The molecule has 1 unspecified atom stereocenters. The Morgan fingerprint density at radius 1 is 1.08 bits per heavy atom. The molecule has 1 aliphatic heterocycles. The fourth-order valence-electron chi connectivity index (χ4n) is 1.99. The van der Waals surface area contributed by atoms with Crippen LogP contribution in [0.5, 0.6) is 0 Å². The van der Waals surface area contributed by atoms with Gasteiger partial charge in [-0.15, -0.1) is 0 Å². The zero-order valence-corrected chi connectivity index (χ0v) is 8.02. The molecular formula is C10H22N2. The first kappa shape index (κ1) is 10.0. The van der Waals surface area contributed by atoms with Crippen LogP contribution in [0.2, 0.25) is 0 Å². The molecular weight excluding hydrogens is 148 g/mol. The second kappa shape index (κ2) is 6.44. The highest BCUT2D eigenvalue weighted by Gasteiger charge is 2.08. The third-order valence-electron chi connectivity index (χ3n) is 2.76. The third kappa shape index (κ3) is 4.07. The van der Waals surface area contributed by atoms with Crippen molar-refractivity contribution >= 4 is 0 Å². The second-order valence-corrected chi connectivity index (χ2v) is 3.83. The van der Waals surface area contributed by atoms with Gasteiger partial charge in [0.2, 0.25) is 0 Å². The van der Waals surface area contributed by atoms with Crippen LogP contribution in [0.4, 0.5) is 0 Å². The molecule has 1 saturated heterocycles. The van der Waals surface area contributed by atoms with Gasteiger partial charge in [-0.2, -0.15) is 0 Å². The van der Waals surface area contributed by atoms with Gasteiger partial charge in [0.05, 0.1) is 0 Å². The molecule has 1 fully saturated rings. The van der Waals surface area contributed by atoms with Crippen molar-refractivity contribution in [1.29, 1.82) is 0 Å². The van der Waals surface area contributed by atoms with E-state index < -0.39 is 0 Å². The van der Waals surface area contributed by atoms with E-state index in [1.165, 1.54) is 51.6 Å². The number of rotatable bonds is 2. The van der Waals surface area contributed by atoms with Crippen molar-refractivity contribution in [1.82, 2.24) is 5.32 Å². The van der Waals surface area contributed by atoms with Gasteiger partial charge in [-0.3, -0.25) is 0 Å². The SMILES string of the molecule is NCCC1CCCCNCCC1. The van der Waals surface area contributed by atoms with E-state index in [0.29, 0.717) is 0 Å². The molecule has 0 aromatic heterocycles. The summed E-state index contributed by atoms with van der Waals surface area (Å²) in [5, 5.41) is 3.46. The summed E-state index contributed by atoms with van der Waals surface area (Å²) in [5.74, 6) is 0.912. The Kier molecular flexibility index (Phi) is 5.37. The molecule has 1 heterocycles. The minimum Gasteiger partial charge on any atom is -0.330 e. The van der Waals surface area contributed by atoms with Gasteiger partial charge >= 0.3 is 0 Å². The molecule has 12 heavy (non-hydrogen) atoms. The zero-order chi connectivity index (χ0) is 8.65. The maximum Gasteiger partial charge on any atom is -0.00488 e. The predicted molar refractivity (Wildman–Crippen MR) is 53.1 cm³/mol. The van der Waals surface area contributed by atoms with E-state index in [1.807, 2.05) is 0 Å². The Hall–Kier alpha value is -0.0800. The summed E-state index contributed by atoms with van der Waals surface area (Å²) in [4.78, 5) is 0. The lowest BCUT2D eigenvalue weighted by Gasteiger charge is -2.13. The van der Waals surface area contributed by atoms with E-state index in [-0.39, 0.29) is 0 Å². The lowest BCUT2D eigenvalue weighted by molar-refractivity contribution is 0.410. The molecule has 3 N–H and O–H groups in total. The minimum atomic E-state index is 0.873. The molecule has 1 aliphatic rings. The van der Waals surface area contributed by atoms with Crippen LogP contribution in [0.1, 0.15) is 38.5 Å². The lowest BCUT2D eigenvalue weighted by Crippen LogP contribution is -2.15. The Balaban J connectivity index is 2.19. The van der Waals surface area contributed by atoms with Gasteiger partial charge in [-0.05, 0) is 51.2 Å². The van der Waals surface area contributed by atoms with Crippen molar-refractivity contribution in [3.63, 3.8) is 0 Å². The number of nitrogens with two attached hydrogens (primary N) is 1. The van der Waals surface area contributed by atoms with E-state index in [4.69, 9.17) is 5.73 Å². The summed E-state index contributed by atoms with van der Waals surface area (Å²) in [6, 6.07) is 0. The van der Waals surface area contributed by atoms with Crippen molar-refractivity contribution in [2.45, 2.75) is 38.5 Å². The first-order chi connectivity index (χ1) is 5.93. The predicted octanol–water partition coefficient (Wildman–Crippen LogP) is 1.51. The van der Waals surface area contributed by atoms with Gasteiger partial charge in [0.1, 0.15) is 0 Å². The van der Waals surface area contributed by atoms with Gasteiger partial charge in [-0.25, -0.2) is 0 Å². The Morgan fingerprint density at radius 2 is 1.83 bits per heavy atom. The zero-order valence-electron chi connectivity index (χ0n) is 8.02. The normalized spacial score (nSPS) is 27.2. The molecule has 72 valence electrons. The van der Waals surface area contributed by atoms with Gasteiger partial charge in [0, 0.05) is 0 Å². The molecule has 2 nitrogen and oxygen atoms in total. The van der Waals surface area contributed by atoms with Crippen LogP contribution < -0.4 is 11.1 Å². The molecule has 1 atom stereocenters. The molecule has 0 bridgehead atoms. The van der Waals surface area contributed by atoms with Crippen LogP contribution in [0, 0.1) is 5.92 Å². The Morgan fingerprint density at radius 3 is 2.67 bits per heavy atom. The molecule has 0 amide bonds. The summed E-state index contributed by atoms with van der Waals surface area (Å²) < 4.78 is 0. The van der Waals surface area contributed by atoms with Crippen LogP contribution in [0.3, 0.4) is 0 Å². The minimum absolute atomic E-state index is 0.873. The maximum absolute atomic E-state index is 5.57. The van der Waals surface area contributed by atoms with Crippen molar-refractivity contribution < 1.29 is 0 Å². The maximum atomic E-state index is 5.57. The lowest BCUT2D eigenvalue weighted by atomic mass is 9.94. The summed E-state index contributed by atoms with van der Waals surface area (Å²) in [6.07, 6.45) is 8.09. The largest absolute Gasteiger partial charge is 0.330 e. The van der Waals surface area contributed by atoms with E-state index >= 15 is 0 Å². The van der Waals surface area contributed by atoms with E-state index in [1.54, 1.807) is 0 Å². The first-order valence-corrected chi connectivity index (χ1v) is 5.34. The van der Waals surface area contributed by atoms with Crippen molar-refractivity contribution in [2.75, 3.05) is 19.6 Å². The number of hydrogen-bond donors (Lipinski definition) is 2. The van der Waals surface area contributed by atoms with Crippen LogP contribution in [-0.2, 0) is 0 Å². The van der Waals surface area contributed by atoms with Gasteiger partial charge < -0.3 is 11.1 Å². The van der Waals surface area contributed by atoms with Crippen LogP contribution in [0.15, 0.2) is 0 Å². The molecule has 0 spiro atoms. The van der Waals surface area contributed by atoms with Crippen molar-refractivity contribution in [3.05, 3.63) is 0 Å². The Bertz CT molecular complexity index is 94.0. The van der Waals surface area contributed by atoms with Crippen LogP contribution in [-0.4, -0.2) is 19.6 Å². The molecule has 0 aliphatic carbocycles. The number of nitrogens with one attached hydrogen (secondary N) is 1. The fraction of sp³-hybridized carbons (Fsp3) is 1.00. The highest BCUT2D eigenvalue weighted by atomic mass is 14.8. The monoisotopic (exact) mass is 170 g/mol. The standard InChI is InChI=1S/C10H22N2/c11-7-6-10-4-1-2-8-12-9-3-5-10/h10,12H,1-9,11H2. The summed E-state index contributed by atoms with van der Waals surface area (Å²) >= 11 is 0. The highest BCUT2D eigenvalue weighted by molar-refractivity contribution is 4.64. The smallest absolute Gasteiger partial charge is 0.00488 e. The van der Waals surface area contributed by atoms with Gasteiger partial charge in [0.25, 0.3) is 0 Å². The quantitative estimate of drug-likeness (QED) is 0.659. The van der Waals surface area contributed by atoms with Gasteiger partial charge in [0.15, 0.2) is 0 Å². The van der Waals surface area contributed by atoms with Crippen molar-refractivity contribution in [2.24, 2.45) is 11.7 Å². The molecule has 0 aromatic carbocycles. The third-order valence-corrected chi connectivity index (χ3v) is 2.76. The summed E-state index contributed by atoms with van der Waals surface area (Å²) in [6.45, 7) is 3.30. The van der Waals surface area contributed by atoms with E-state index in [9.17, 15) is 0 Å². The van der Waals surface area contributed by atoms with Crippen LogP contribution in [0.25, 0.3) is 0 Å². The van der Waals surface area contributed by atoms with Gasteiger partial charge in [-0.1, -0.05) is 12.8 Å². The summed E-state index contributed by atoms with van der Waals surface area (Å²) in [7, 11) is 0. The average Bonchev–Trinajstić information content (AvgIpc) is 2.19.